The van der Waals surface area contributed by atoms with Gasteiger partial charge in [-0.2, -0.15) is 5.10 Å². The number of carbonyl (C=O) groups excluding carboxylic acids is 1. The van der Waals surface area contributed by atoms with E-state index in [0.29, 0.717) is 18.7 Å². The smallest absolute Gasteiger partial charge is 0.359 e. The third-order valence-corrected chi connectivity index (χ3v) is 6.14. The Labute approximate surface area is 189 Å². The van der Waals surface area contributed by atoms with Gasteiger partial charge in [-0.3, -0.25) is 5.10 Å². The van der Waals surface area contributed by atoms with E-state index in [1.165, 1.54) is 11.1 Å². The molecule has 6 heteroatoms. The lowest BCUT2D eigenvalue weighted by atomic mass is 9.68. The second kappa shape index (κ2) is 8.54. The molecule has 0 fully saturated rings. The zero-order valence-corrected chi connectivity index (χ0v) is 19.3. The maximum atomic E-state index is 12.3. The fourth-order valence-electron chi connectivity index (χ4n) is 4.30. The van der Waals surface area contributed by atoms with Crippen LogP contribution in [0.4, 0.5) is 11.4 Å². The SMILES string of the molecule is CCOC(=O)c1n[nH]c2c1C=CC(c1ccc(N(C)C)cc1)(c1ccc(N(C)C)cc1)C2. The van der Waals surface area contributed by atoms with Gasteiger partial charge in [-0.15, -0.1) is 0 Å². The molecule has 1 aromatic heterocycles. The number of aromatic nitrogens is 2. The van der Waals surface area contributed by atoms with Gasteiger partial charge in [0.1, 0.15) is 0 Å². The Hall–Kier alpha value is -3.54. The molecule has 0 spiro atoms. The van der Waals surface area contributed by atoms with Crippen molar-refractivity contribution < 1.29 is 9.53 Å². The summed E-state index contributed by atoms with van der Waals surface area (Å²) in [4.78, 5) is 16.5. The number of H-pyrrole nitrogens is 1. The molecule has 0 aliphatic heterocycles. The molecule has 0 atom stereocenters. The summed E-state index contributed by atoms with van der Waals surface area (Å²) < 4.78 is 5.18. The molecule has 0 saturated heterocycles. The molecule has 1 N–H and O–H groups in total. The Morgan fingerprint density at radius 1 is 0.969 bits per heavy atom. The predicted molar refractivity (Wildman–Crippen MR) is 130 cm³/mol. The first-order chi connectivity index (χ1) is 15.4. The highest BCUT2D eigenvalue weighted by Crippen LogP contribution is 2.42. The highest BCUT2D eigenvalue weighted by molar-refractivity contribution is 5.92. The van der Waals surface area contributed by atoms with Crippen LogP contribution in [0.1, 0.15) is 39.8 Å². The highest BCUT2D eigenvalue weighted by atomic mass is 16.5. The molecule has 32 heavy (non-hydrogen) atoms. The van der Waals surface area contributed by atoms with Crippen LogP contribution in [0.25, 0.3) is 6.08 Å². The van der Waals surface area contributed by atoms with E-state index in [1.807, 2.05) is 34.3 Å². The van der Waals surface area contributed by atoms with E-state index in [2.05, 4.69) is 74.6 Å². The minimum absolute atomic E-state index is 0.324. The van der Waals surface area contributed by atoms with Gasteiger partial charge in [-0.05, 0) is 42.3 Å². The standard InChI is InChI=1S/C26H30N4O2/c1-6-32-25(31)24-22-15-16-26(17-23(22)27-28-24,18-7-11-20(12-8-18)29(2)3)19-9-13-21(14-10-19)30(4)5/h7-16H,6,17H2,1-5H3,(H,27,28). The lowest BCUT2D eigenvalue weighted by Gasteiger charge is -2.35. The van der Waals surface area contributed by atoms with Crippen LogP contribution in [0.3, 0.4) is 0 Å². The topological polar surface area (TPSA) is 61.5 Å². The van der Waals surface area contributed by atoms with Crippen LogP contribution >= 0.6 is 0 Å². The summed E-state index contributed by atoms with van der Waals surface area (Å²) in [6.07, 6.45) is 4.88. The van der Waals surface area contributed by atoms with Crippen molar-refractivity contribution in [2.45, 2.75) is 18.8 Å². The number of hydrogen-bond donors (Lipinski definition) is 1. The first-order valence-electron chi connectivity index (χ1n) is 10.8. The molecule has 1 aliphatic carbocycles. The number of nitrogens with one attached hydrogen (secondary N) is 1. The first-order valence-corrected chi connectivity index (χ1v) is 10.8. The van der Waals surface area contributed by atoms with Gasteiger partial charge in [0.15, 0.2) is 5.69 Å². The number of nitrogens with zero attached hydrogens (tertiary/aromatic N) is 3. The van der Waals surface area contributed by atoms with E-state index in [-0.39, 0.29) is 5.41 Å². The van der Waals surface area contributed by atoms with Crippen LogP contribution in [-0.2, 0) is 16.6 Å². The van der Waals surface area contributed by atoms with Gasteiger partial charge in [-0.25, -0.2) is 4.79 Å². The summed E-state index contributed by atoms with van der Waals surface area (Å²) in [6.45, 7) is 2.12. The van der Waals surface area contributed by atoms with E-state index >= 15 is 0 Å². The van der Waals surface area contributed by atoms with Gasteiger partial charge in [0.25, 0.3) is 0 Å². The minimum atomic E-state index is -0.396. The molecule has 1 aliphatic rings. The van der Waals surface area contributed by atoms with Crippen LogP contribution < -0.4 is 9.80 Å². The maximum Gasteiger partial charge on any atom is 0.359 e. The van der Waals surface area contributed by atoms with Gasteiger partial charge in [0.05, 0.1) is 6.61 Å². The third kappa shape index (κ3) is 3.77. The number of fused-ring (bicyclic) bond motifs is 1. The van der Waals surface area contributed by atoms with Crippen molar-refractivity contribution in [2.75, 3.05) is 44.6 Å². The molecule has 4 rings (SSSR count). The van der Waals surface area contributed by atoms with Crippen LogP contribution in [0.5, 0.6) is 0 Å². The summed E-state index contributed by atoms with van der Waals surface area (Å²) in [5.74, 6) is -0.396. The summed E-state index contributed by atoms with van der Waals surface area (Å²) in [5, 5.41) is 7.38. The summed E-state index contributed by atoms with van der Waals surface area (Å²) >= 11 is 0. The number of ether oxygens (including phenoxy) is 1. The zero-order valence-electron chi connectivity index (χ0n) is 19.3. The minimum Gasteiger partial charge on any atom is -0.461 e. The third-order valence-electron chi connectivity index (χ3n) is 6.14. The lowest BCUT2D eigenvalue weighted by Crippen LogP contribution is -2.31. The quantitative estimate of drug-likeness (QED) is 0.592. The molecule has 0 unspecified atom stereocenters. The largest absolute Gasteiger partial charge is 0.461 e. The Kier molecular flexibility index (Phi) is 5.78. The summed E-state index contributed by atoms with van der Waals surface area (Å²) in [5.41, 5.74) is 6.40. The molecule has 6 nitrogen and oxygen atoms in total. The Morgan fingerprint density at radius 3 is 1.97 bits per heavy atom. The first kappa shape index (κ1) is 21.7. The molecular weight excluding hydrogens is 400 g/mol. The van der Waals surface area contributed by atoms with Gasteiger partial charge in [-0.1, -0.05) is 36.4 Å². The summed E-state index contributed by atoms with van der Waals surface area (Å²) in [6, 6.07) is 17.3. The monoisotopic (exact) mass is 430 g/mol. The maximum absolute atomic E-state index is 12.3. The lowest BCUT2D eigenvalue weighted by molar-refractivity contribution is 0.0519. The summed E-state index contributed by atoms with van der Waals surface area (Å²) in [7, 11) is 8.16. The van der Waals surface area contributed by atoms with Crippen molar-refractivity contribution in [3.63, 3.8) is 0 Å². The van der Waals surface area contributed by atoms with E-state index in [1.54, 1.807) is 6.92 Å². The normalized spacial score (nSPS) is 14.0. The molecular formula is C26H30N4O2. The average molecular weight is 431 g/mol. The Bertz CT molecular complexity index is 1070. The van der Waals surface area contributed by atoms with Gasteiger partial charge in [0, 0.05) is 62.7 Å². The number of aromatic amines is 1. The van der Waals surface area contributed by atoms with Crippen LogP contribution in [0.2, 0.25) is 0 Å². The zero-order chi connectivity index (χ0) is 22.9. The van der Waals surface area contributed by atoms with E-state index < -0.39 is 5.97 Å². The van der Waals surface area contributed by atoms with Gasteiger partial charge in [0.2, 0.25) is 0 Å². The highest BCUT2D eigenvalue weighted by Gasteiger charge is 2.37. The second-order valence-electron chi connectivity index (χ2n) is 8.55. The Morgan fingerprint density at radius 2 is 1.50 bits per heavy atom. The van der Waals surface area contributed by atoms with Crippen molar-refractivity contribution in [3.8, 4) is 0 Å². The van der Waals surface area contributed by atoms with Crippen molar-refractivity contribution in [1.82, 2.24) is 10.2 Å². The van der Waals surface area contributed by atoms with Crippen molar-refractivity contribution in [1.29, 1.82) is 0 Å². The van der Waals surface area contributed by atoms with E-state index in [9.17, 15) is 4.79 Å². The fourth-order valence-corrected chi connectivity index (χ4v) is 4.30. The molecule has 0 radical (unpaired) electrons. The Balaban J connectivity index is 1.81. The van der Waals surface area contributed by atoms with Gasteiger partial charge < -0.3 is 14.5 Å². The van der Waals surface area contributed by atoms with E-state index in [4.69, 9.17) is 4.74 Å². The number of benzene rings is 2. The average Bonchev–Trinajstić information content (AvgIpc) is 3.22. The number of hydrogen-bond acceptors (Lipinski definition) is 5. The predicted octanol–water partition coefficient (Wildman–Crippen LogP) is 4.27. The molecule has 0 bridgehead atoms. The number of carbonyl (C=O) groups is 1. The second-order valence-corrected chi connectivity index (χ2v) is 8.55. The van der Waals surface area contributed by atoms with Crippen molar-refractivity contribution >= 4 is 23.4 Å². The molecule has 1 heterocycles. The molecule has 0 amide bonds. The van der Waals surface area contributed by atoms with Crippen LogP contribution in [0.15, 0.2) is 54.6 Å². The number of allylic oxidation sites excluding steroid dienone is 1. The fraction of sp³-hybridized carbons (Fsp3) is 0.308. The molecule has 166 valence electrons. The van der Waals surface area contributed by atoms with E-state index in [0.717, 1.165) is 22.6 Å². The molecule has 0 saturated carbocycles. The number of anilines is 2. The number of esters is 1. The molecule has 3 aromatic rings. The molecule has 2 aromatic carbocycles. The van der Waals surface area contributed by atoms with Gasteiger partial charge >= 0.3 is 5.97 Å². The van der Waals surface area contributed by atoms with Crippen LogP contribution in [0, 0.1) is 0 Å². The van der Waals surface area contributed by atoms with Crippen LogP contribution in [-0.4, -0.2) is 51.0 Å². The van der Waals surface area contributed by atoms with Crippen molar-refractivity contribution in [3.05, 3.63) is 82.7 Å². The number of rotatable bonds is 6. The van der Waals surface area contributed by atoms with Crippen molar-refractivity contribution in [2.24, 2.45) is 0 Å².